The zero-order valence-electron chi connectivity index (χ0n) is 11.1. The van der Waals surface area contributed by atoms with Crippen molar-refractivity contribution in [2.45, 2.75) is 19.4 Å². The molecule has 5 heteroatoms. The van der Waals surface area contributed by atoms with Crippen LogP contribution in [0.25, 0.3) is 0 Å². The molecule has 0 amide bonds. The van der Waals surface area contributed by atoms with E-state index in [0.717, 1.165) is 17.8 Å². The van der Waals surface area contributed by atoms with Crippen LogP contribution < -0.4 is 5.43 Å². The van der Waals surface area contributed by atoms with Gasteiger partial charge < -0.3 is 4.74 Å². The van der Waals surface area contributed by atoms with E-state index in [1.54, 1.807) is 0 Å². The maximum atomic E-state index is 10.9. The molecule has 1 heterocycles. The minimum absolute atomic E-state index is 0.362. The first kappa shape index (κ1) is 14.2. The number of carbonyl (C=O) groups excluding carboxylic acids is 1. The molecule has 1 aliphatic rings. The van der Waals surface area contributed by atoms with Crippen LogP contribution in [0.3, 0.4) is 0 Å². The van der Waals surface area contributed by atoms with Crippen molar-refractivity contribution in [3.05, 3.63) is 12.7 Å². The number of esters is 1. The van der Waals surface area contributed by atoms with Crippen molar-refractivity contribution in [2.75, 3.05) is 40.5 Å². The summed E-state index contributed by atoms with van der Waals surface area (Å²) < 4.78 is 5.73. The summed E-state index contributed by atoms with van der Waals surface area (Å²) >= 11 is 0. The second kappa shape index (κ2) is 6.14. The molecule has 0 aromatic rings. The van der Waals surface area contributed by atoms with Crippen molar-refractivity contribution >= 4 is 5.97 Å². The van der Waals surface area contributed by atoms with Gasteiger partial charge in [-0.05, 0) is 14.0 Å². The molecule has 1 N–H and O–H groups in total. The Hall–Kier alpha value is -0.910. The fourth-order valence-corrected chi connectivity index (χ4v) is 2.05. The first-order valence-electron chi connectivity index (χ1n) is 6.06. The number of quaternary nitrogens is 1. The SMILES string of the molecule is C=CC(=O)OCCN[N+]1(C)CCC(C)N(C)C1. The van der Waals surface area contributed by atoms with E-state index in [0.29, 0.717) is 19.2 Å². The zero-order chi connectivity index (χ0) is 12.9. The van der Waals surface area contributed by atoms with Crippen LogP contribution in [0, 0.1) is 0 Å². The fourth-order valence-electron chi connectivity index (χ4n) is 2.05. The summed E-state index contributed by atoms with van der Waals surface area (Å²) in [4.78, 5) is 13.2. The second-order valence-electron chi connectivity index (χ2n) is 4.94. The smallest absolute Gasteiger partial charge is 0.330 e. The van der Waals surface area contributed by atoms with Gasteiger partial charge in [-0.25, -0.2) is 9.39 Å². The van der Waals surface area contributed by atoms with E-state index in [-0.39, 0.29) is 5.97 Å². The average Bonchev–Trinajstić information content (AvgIpc) is 2.30. The van der Waals surface area contributed by atoms with Crippen LogP contribution in [-0.4, -0.2) is 62.0 Å². The third kappa shape index (κ3) is 4.46. The predicted molar refractivity (Wildman–Crippen MR) is 66.9 cm³/mol. The normalized spacial score (nSPS) is 29.9. The molecule has 0 aliphatic carbocycles. The number of rotatable bonds is 5. The highest BCUT2D eigenvalue weighted by atomic mass is 16.5. The van der Waals surface area contributed by atoms with Gasteiger partial charge in [0.2, 0.25) is 0 Å². The number of hydrogen-bond donors (Lipinski definition) is 1. The third-order valence-electron chi connectivity index (χ3n) is 3.33. The van der Waals surface area contributed by atoms with E-state index >= 15 is 0 Å². The Morgan fingerprint density at radius 3 is 3.00 bits per heavy atom. The highest BCUT2D eigenvalue weighted by Gasteiger charge is 2.31. The summed E-state index contributed by atoms with van der Waals surface area (Å²) in [6, 6.07) is 0.640. The summed E-state index contributed by atoms with van der Waals surface area (Å²) in [5.41, 5.74) is 3.41. The lowest BCUT2D eigenvalue weighted by molar-refractivity contribution is -0.966. The summed E-state index contributed by atoms with van der Waals surface area (Å²) in [5, 5.41) is 0. The minimum Gasteiger partial charge on any atom is -0.461 e. The van der Waals surface area contributed by atoms with Gasteiger partial charge in [0, 0.05) is 18.5 Å². The Morgan fingerprint density at radius 1 is 1.71 bits per heavy atom. The second-order valence-corrected chi connectivity index (χ2v) is 4.94. The standard InChI is InChI=1S/C12H24N3O2/c1-5-12(16)17-9-7-13-15(4)8-6-11(2)14(3)10-15/h5,11,13H,1,6-10H2,2-4H3/q+1. The quantitative estimate of drug-likeness (QED) is 0.327. The predicted octanol–water partition coefficient (Wildman–Crippen LogP) is 0.348. The molecule has 1 rings (SSSR count). The van der Waals surface area contributed by atoms with Gasteiger partial charge in [0.15, 0.2) is 6.67 Å². The van der Waals surface area contributed by atoms with Crippen LogP contribution in [0.5, 0.6) is 0 Å². The van der Waals surface area contributed by atoms with Crippen LogP contribution in [0.4, 0.5) is 0 Å². The molecule has 0 aromatic heterocycles. The number of ether oxygens (including phenoxy) is 1. The molecule has 5 nitrogen and oxygen atoms in total. The molecule has 2 atom stereocenters. The molecule has 0 saturated carbocycles. The first-order valence-corrected chi connectivity index (χ1v) is 6.06. The molecule has 1 aliphatic heterocycles. The van der Waals surface area contributed by atoms with Gasteiger partial charge in [-0.3, -0.25) is 4.90 Å². The monoisotopic (exact) mass is 242 g/mol. The molecule has 1 fully saturated rings. The maximum absolute atomic E-state index is 10.9. The number of nitrogens with one attached hydrogen (secondary N) is 1. The molecule has 0 bridgehead atoms. The molecule has 2 unspecified atom stereocenters. The van der Waals surface area contributed by atoms with Crippen LogP contribution in [0.1, 0.15) is 13.3 Å². The summed E-state index contributed by atoms with van der Waals surface area (Å²) in [5.74, 6) is -0.362. The molecule has 17 heavy (non-hydrogen) atoms. The maximum Gasteiger partial charge on any atom is 0.330 e. The summed E-state index contributed by atoms with van der Waals surface area (Å²) in [6.45, 7) is 8.72. The van der Waals surface area contributed by atoms with E-state index in [1.165, 1.54) is 12.5 Å². The van der Waals surface area contributed by atoms with Crippen LogP contribution in [0.15, 0.2) is 12.7 Å². The summed E-state index contributed by atoms with van der Waals surface area (Å²) in [7, 11) is 4.30. The van der Waals surface area contributed by atoms with Gasteiger partial charge in [0.1, 0.15) is 6.61 Å². The van der Waals surface area contributed by atoms with Gasteiger partial charge in [-0.1, -0.05) is 6.58 Å². The van der Waals surface area contributed by atoms with Gasteiger partial charge >= 0.3 is 5.97 Å². The van der Waals surface area contributed by atoms with E-state index in [2.05, 4.69) is 37.9 Å². The van der Waals surface area contributed by atoms with Crippen LogP contribution in [0.2, 0.25) is 0 Å². The Kier molecular flexibility index (Phi) is 5.11. The van der Waals surface area contributed by atoms with Crippen molar-refractivity contribution in [1.82, 2.24) is 10.3 Å². The van der Waals surface area contributed by atoms with E-state index in [9.17, 15) is 4.79 Å². The molecular weight excluding hydrogens is 218 g/mol. The Bertz CT molecular complexity index is 283. The van der Waals surface area contributed by atoms with Crippen molar-refractivity contribution in [3.8, 4) is 0 Å². The Balaban J connectivity index is 2.26. The van der Waals surface area contributed by atoms with Crippen molar-refractivity contribution in [2.24, 2.45) is 0 Å². The summed E-state index contributed by atoms with van der Waals surface area (Å²) in [6.07, 6.45) is 2.36. The molecule has 98 valence electrons. The van der Waals surface area contributed by atoms with Crippen LogP contribution >= 0.6 is 0 Å². The lowest BCUT2D eigenvalue weighted by Gasteiger charge is -2.43. The molecule has 0 spiro atoms. The molecule has 0 aromatic carbocycles. The van der Waals surface area contributed by atoms with E-state index in [1.807, 2.05) is 0 Å². The highest BCUT2D eigenvalue weighted by molar-refractivity contribution is 5.81. The van der Waals surface area contributed by atoms with Gasteiger partial charge in [0.25, 0.3) is 0 Å². The van der Waals surface area contributed by atoms with Crippen molar-refractivity contribution in [1.29, 1.82) is 0 Å². The zero-order valence-corrected chi connectivity index (χ0v) is 11.1. The topological polar surface area (TPSA) is 41.6 Å². The van der Waals surface area contributed by atoms with E-state index in [4.69, 9.17) is 4.74 Å². The fraction of sp³-hybridized carbons (Fsp3) is 0.750. The molecule has 0 radical (unpaired) electrons. The molecular formula is C12H24N3O2+. The number of carbonyl (C=O) groups is 1. The van der Waals surface area contributed by atoms with Gasteiger partial charge in [-0.15, -0.1) is 0 Å². The highest BCUT2D eigenvalue weighted by Crippen LogP contribution is 2.14. The Labute approximate surface area is 104 Å². The number of hydrogen-bond acceptors (Lipinski definition) is 4. The lowest BCUT2D eigenvalue weighted by atomic mass is 10.1. The molecule has 1 saturated heterocycles. The largest absolute Gasteiger partial charge is 0.461 e. The third-order valence-corrected chi connectivity index (χ3v) is 3.33. The lowest BCUT2D eigenvalue weighted by Crippen LogP contribution is -2.65. The first-order chi connectivity index (χ1) is 7.97. The van der Waals surface area contributed by atoms with Crippen LogP contribution in [-0.2, 0) is 9.53 Å². The van der Waals surface area contributed by atoms with Crippen molar-refractivity contribution in [3.63, 3.8) is 0 Å². The van der Waals surface area contributed by atoms with Gasteiger partial charge in [0.05, 0.1) is 20.1 Å². The average molecular weight is 242 g/mol. The van der Waals surface area contributed by atoms with Gasteiger partial charge in [-0.2, -0.15) is 5.43 Å². The van der Waals surface area contributed by atoms with Crippen molar-refractivity contribution < 1.29 is 14.1 Å². The minimum atomic E-state index is -0.362. The Morgan fingerprint density at radius 2 is 2.41 bits per heavy atom. The number of nitrogens with zero attached hydrogens (tertiary/aromatic N) is 2. The van der Waals surface area contributed by atoms with E-state index < -0.39 is 0 Å².